The minimum atomic E-state index is -3.45. The van der Waals surface area contributed by atoms with Crippen molar-refractivity contribution in [2.75, 3.05) is 26.2 Å². The molecule has 1 fully saturated rings. The van der Waals surface area contributed by atoms with Crippen molar-refractivity contribution in [1.29, 1.82) is 0 Å². The number of nitrogens with one attached hydrogen (secondary N) is 1. The molecule has 158 valence electrons. The van der Waals surface area contributed by atoms with Crippen molar-refractivity contribution in [3.8, 4) is 10.7 Å². The first kappa shape index (κ1) is 20.1. The van der Waals surface area contributed by atoms with Crippen molar-refractivity contribution < 1.29 is 8.42 Å². The second-order valence-corrected chi connectivity index (χ2v) is 11.0. The Morgan fingerprint density at radius 2 is 1.90 bits per heavy atom. The summed E-state index contributed by atoms with van der Waals surface area (Å²) < 4.78 is 30.2. The zero-order valence-corrected chi connectivity index (χ0v) is 18.9. The minimum Gasteiger partial charge on any atom is -0.282 e. The fourth-order valence-corrected chi connectivity index (χ4v) is 6.48. The van der Waals surface area contributed by atoms with E-state index in [4.69, 9.17) is 12.2 Å². The van der Waals surface area contributed by atoms with Crippen LogP contribution in [-0.4, -0.2) is 58.6 Å². The first-order valence-corrected chi connectivity index (χ1v) is 12.8. The summed E-state index contributed by atoms with van der Waals surface area (Å²) in [5.74, 6) is 0.771. The van der Waals surface area contributed by atoms with Crippen molar-refractivity contribution in [2.45, 2.75) is 30.8 Å². The van der Waals surface area contributed by atoms with Gasteiger partial charge in [0, 0.05) is 26.2 Å². The molecule has 0 spiro atoms. The predicted octanol–water partition coefficient (Wildman–Crippen LogP) is 3.12. The fraction of sp³-hybridized carbons (Fsp3) is 0.400. The molecule has 1 aliphatic carbocycles. The highest BCUT2D eigenvalue weighted by Gasteiger charge is 2.29. The van der Waals surface area contributed by atoms with Crippen LogP contribution in [0.15, 0.2) is 40.6 Å². The molecule has 0 radical (unpaired) electrons. The Bertz CT molecular complexity index is 1210. The van der Waals surface area contributed by atoms with Crippen LogP contribution in [0.4, 0.5) is 0 Å². The number of aromatic nitrogens is 3. The van der Waals surface area contributed by atoms with Gasteiger partial charge in [0.05, 0.1) is 16.4 Å². The summed E-state index contributed by atoms with van der Waals surface area (Å²) in [6, 6.07) is 9.61. The number of H-pyrrole nitrogens is 1. The van der Waals surface area contributed by atoms with Crippen molar-refractivity contribution in [1.82, 2.24) is 24.0 Å². The molecule has 0 unspecified atom stereocenters. The van der Waals surface area contributed by atoms with Gasteiger partial charge in [-0.3, -0.25) is 10.00 Å². The number of nitrogens with zero attached hydrogens (tertiary/aromatic N) is 4. The molecule has 1 aromatic carbocycles. The van der Waals surface area contributed by atoms with Crippen LogP contribution in [0.2, 0.25) is 0 Å². The lowest BCUT2D eigenvalue weighted by molar-refractivity contribution is 0.145. The first-order chi connectivity index (χ1) is 14.5. The van der Waals surface area contributed by atoms with Crippen molar-refractivity contribution in [3.63, 3.8) is 0 Å². The molecule has 1 N–H and O–H groups in total. The molecule has 10 heteroatoms. The topological polar surface area (TPSA) is 74.2 Å². The maximum Gasteiger partial charge on any atom is 0.243 e. The van der Waals surface area contributed by atoms with Gasteiger partial charge in [-0.05, 0) is 66.2 Å². The summed E-state index contributed by atoms with van der Waals surface area (Å²) in [6.45, 7) is 2.82. The van der Waals surface area contributed by atoms with E-state index in [9.17, 15) is 8.42 Å². The van der Waals surface area contributed by atoms with E-state index >= 15 is 0 Å². The molecule has 0 amide bonds. The Hall–Kier alpha value is -1.85. The van der Waals surface area contributed by atoms with Gasteiger partial charge in [0.2, 0.25) is 14.8 Å². The van der Waals surface area contributed by atoms with E-state index in [0.29, 0.717) is 42.5 Å². The van der Waals surface area contributed by atoms with Crippen molar-refractivity contribution in [2.24, 2.45) is 0 Å². The number of hydrogen-bond acceptors (Lipinski definition) is 6. The average Bonchev–Trinajstić information content (AvgIpc) is 3.49. The quantitative estimate of drug-likeness (QED) is 0.591. The van der Waals surface area contributed by atoms with Crippen LogP contribution in [0.5, 0.6) is 0 Å². The third kappa shape index (κ3) is 3.78. The Labute approximate surface area is 185 Å². The Kier molecular flexibility index (Phi) is 5.36. The molecule has 1 aliphatic heterocycles. The highest BCUT2D eigenvalue weighted by atomic mass is 32.2. The SMILES string of the molecule is O=S(=O)(c1ccc2c(c1)CCC2)N1CCN(Cn2[nH]c(-c3cccs3)nc2=S)CC1. The van der Waals surface area contributed by atoms with E-state index in [1.165, 1.54) is 11.1 Å². The second-order valence-electron chi connectivity index (χ2n) is 7.71. The lowest BCUT2D eigenvalue weighted by Crippen LogP contribution is -2.48. The molecule has 1 saturated heterocycles. The van der Waals surface area contributed by atoms with Crippen LogP contribution in [0, 0.1) is 4.77 Å². The summed E-state index contributed by atoms with van der Waals surface area (Å²) in [4.78, 5) is 8.11. The average molecular weight is 462 g/mol. The van der Waals surface area contributed by atoms with E-state index in [1.54, 1.807) is 21.7 Å². The third-order valence-corrected chi connectivity index (χ3v) is 8.90. The Balaban J connectivity index is 1.25. The minimum absolute atomic E-state index is 0.424. The van der Waals surface area contributed by atoms with Crippen molar-refractivity contribution in [3.05, 3.63) is 51.6 Å². The molecule has 3 aromatic rings. The third-order valence-electron chi connectivity index (χ3n) is 5.81. The zero-order valence-electron chi connectivity index (χ0n) is 16.5. The maximum atomic E-state index is 13.1. The number of piperazine rings is 1. The number of sulfonamides is 1. The number of rotatable bonds is 5. The van der Waals surface area contributed by atoms with Gasteiger partial charge in [0.1, 0.15) is 0 Å². The van der Waals surface area contributed by atoms with Gasteiger partial charge < -0.3 is 0 Å². The Morgan fingerprint density at radius 1 is 1.10 bits per heavy atom. The van der Waals surface area contributed by atoms with Crippen LogP contribution in [0.1, 0.15) is 17.5 Å². The number of benzene rings is 1. The van der Waals surface area contributed by atoms with E-state index in [1.807, 2.05) is 34.3 Å². The molecule has 2 aromatic heterocycles. The van der Waals surface area contributed by atoms with Gasteiger partial charge in [-0.2, -0.15) is 9.29 Å². The second kappa shape index (κ2) is 8.01. The van der Waals surface area contributed by atoms with Gasteiger partial charge >= 0.3 is 0 Å². The highest BCUT2D eigenvalue weighted by molar-refractivity contribution is 7.89. The lowest BCUT2D eigenvalue weighted by Gasteiger charge is -2.33. The van der Waals surface area contributed by atoms with Gasteiger partial charge in [0.15, 0.2) is 5.82 Å². The number of aryl methyl sites for hydroxylation is 2. The lowest BCUT2D eigenvalue weighted by atomic mass is 10.1. The van der Waals surface area contributed by atoms with E-state index < -0.39 is 10.0 Å². The summed E-state index contributed by atoms with van der Waals surface area (Å²) in [5, 5.41) is 5.27. The molecule has 3 heterocycles. The number of thiophene rings is 1. The number of hydrogen-bond donors (Lipinski definition) is 1. The summed E-state index contributed by atoms with van der Waals surface area (Å²) >= 11 is 7.01. The van der Waals surface area contributed by atoms with Crippen LogP contribution in [-0.2, 0) is 29.5 Å². The smallest absolute Gasteiger partial charge is 0.243 e. The maximum absolute atomic E-state index is 13.1. The molecule has 0 bridgehead atoms. The summed E-state index contributed by atoms with van der Waals surface area (Å²) in [5.41, 5.74) is 2.47. The molecule has 2 aliphatic rings. The molecule has 0 saturated carbocycles. The van der Waals surface area contributed by atoms with Gasteiger partial charge in [0.25, 0.3) is 0 Å². The molecular formula is C20H23N5O2S3. The predicted molar refractivity (Wildman–Crippen MR) is 120 cm³/mol. The number of fused-ring (bicyclic) bond motifs is 1. The molecular weight excluding hydrogens is 438 g/mol. The molecule has 30 heavy (non-hydrogen) atoms. The monoisotopic (exact) mass is 461 g/mol. The highest BCUT2D eigenvalue weighted by Crippen LogP contribution is 2.27. The van der Waals surface area contributed by atoms with Gasteiger partial charge in [-0.1, -0.05) is 12.1 Å². The van der Waals surface area contributed by atoms with E-state index in [-0.39, 0.29) is 0 Å². The molecule has 0 atom stereocenters. The Morgan fingerprint density at radius 3 is 2.67 bits per heavy atom. The van der Waals surface area contributed by atoms with E-state index in [0.717, 1.165) is 30.0 Å². The van der Waals surface area contributed by atoms with Crippen LogP contribution >= 0.6 is 23.6 Å². The normalized spacial score (nSPS) is 18.0. The fourth-order valence-electron chi connectivity index (χ4n) is 4.15. The standard InChI is InChI=1S/C20H23N5O2S3/c26-30(27,17-7-6-15-3-1-4-16(15)13-17)24-10-8-23(9-11-24)14-25-20(28)21-19(22-25)18-5-2-12-29-18/h2,5-7,12-13H,1,3-4,8-11,14H2,(H,21,22,28). The van der Waals surface area contributed by atoms with Crippen LogP contribution < -0.4 is 0 Å². The molecule has 5 rings (SSSR count). The number of aromatic amines is 1. The first-order valence-electron chi connectivity index (χ1n) is 10.1. The summed E-state index contributed by atoms with van der Waals surface area (Å²) in [6.07, 6.45) is 3.14. The molecule has 7 nitrogen and oxygen atoms in total. The zero-order chi connectivity index (χ0) is 20.7. The largest absolute Gasteiger partial charge is 0.282 e. The van der Waals surface area contributed by atoms with Crippen LogP contribution in [0.3, 0.4) is 0 Å². The van der Waals surface area contributed by atoms with E-state index in [2.05, 4.69) is 15.0 Å². The van der Waals surface area contributed by atoms with Gasteiger partial charge in [-0.25, -0.2) is 13.1 Å². The van der Waals surface area contributed by atoms with Crippen molar-refractivity contribution >= 4 is 33.6 Å². The van der Waals surface area contributed by atoms with Crippen LogP contribution in [0.25, 0.3) is 10.7 Å². The summed E-state index contributed by atoms with van der Waals surface area (Å²) in [7, 11) is -3.45. The van der Waals surface area contributed by atoms with Gasteiger partial charge in [-0.15, -0.1) is 11.3 Å².